The standard InChI is InChI=1S/C19H20N4O2S.C19H19N3O2S.C18H12N4O2S.C17H15N3O2S.C16H13N3O2S/c1-23(2)12-11-20-16-9-10-21-18-15(16)8-7-14-13-5-3-4-6-17(13)26(24,25)22-19(14)18;1-3-22(4-2)16-11-12-20-18-15(16)10-9-14-13-7-5-6-8-17(13)25(23,24)21-19(14)18;23-25(24)16-5-2-1-4-12(16)13-6-7-14-15(22-11-3-9-20-22)8-10-19-17(14)18(13)21-25;1-20(2)14-9-10-18-16-13(14)8-7-12-11-5-3-4-6-15(11)23(21,22)19-17(12)16;1-17-13-8-9-18-15-12(13)7-6-11-10-4-2-3-5-14(10)22(20,21)19-16(11)15/h3-10,22H,11-12H2,1-2H3,(H,20,21);5-12,21H,3-4H2,1-2H3;1-11,21H;3-10,19H,1-2H3;2-9,19H,1H3,(H,17,18). The molecule has 0 aliphatic carbocycles. The van der Waals surface area contributed by atoms with E-state index in [0.717, 1.165) is 109 Å². The minimum Gasteiger partial charge on any atom is -0.388 e. The monoisotopic (exact) mass is 1710 g/mol. The normalized spacial score (nSPS) is 14.6. The minimum absolute atomic E-state index is 0.282. The number of hydrogen-bond donors (Lipinski definition) is 7. The molecule has 5 aliphatic rings. The van der Waals surface area contributed by atoms with Crippen LogP contribution in [-0.2, 0) is 50.1 Å². The molecule has 0 saturated carbocycles. The third-order valence-electron chi connectivity index (χ3n) is 21.5. The van der Waals surface area contributed by atoms with Crippen molar-refractivity contribution in [2.24, 2.45) is 0 Å². The summed E-state index contributed by atoms with van der Waals surface area (Å²) >= 11 is 0. The van der Waals surface area contributed by atoms with Gasteiger partial charge in [0.15, 0.2) is 0 Å². The maximum atomic E-state index is 12.7. The van der Waals surface area contributed by atoms with E-state index in [9.17, 15) is 42.1 Å². The summed E-state index contributed by atoms with van der Waals surface area (Å²) in [6.45, 7) is 7.65. The molecule has 0 atom stereocenters. The molecule has 0 unspecified atom stereocenters. The minimum atomic E-state index is -3.63. The average molecular weight is 1710 g/mol. The first-order valence-corrected chi connectivity index (χ1v) is 45.9. The number of sulfonamides is 5. The lowest BCUT2D eigenvalue weighted by Crippen LogP contribution is -2.22. The van der Waals surface area contributed by atoms with Gasteiger partial charge in [0.1, 0.15) is 0 Å². The molecule has 0 bridgehead atoms. The van der Waals surface area contributed by atoms with Gasteiger partial charge in [-0.3, -0.25) is 48.5 Å². The van der Waals surface area contributed by atoms with E-state index in [1.165, 1.54) is 0 Å². The van der Waals surface area contributed by atoms with Gasteiger partial charge in [-0.25, -0.2) is 46.8 Å². The SMILES string of the molecule is CCN(CC)c1ccnc2c3c(ccc12)-c1ccccc1S(=O)(=O)N3.CN(C)CCNc1ccnc2c3c(ccc12)-c1ccccc1S(=O)(=O)N3.CN(C)c1ccnc2c3c(ccc12)-c1ccccc1S(=O)(=O)N3.CNc1ccnc2c3c(ccc12)-c1ccccc1S(=O)(=O)N3.O=S1(=O)Nc2c(ccc3c(-n4cccn4)ccnc23)-c2ccccc21. The summed E-state index contributed by atoms with van der Waals surface area (Å²) in [6.07, 6.45) is 12.0. The van der Waals surface area contributed by atoms with E-state index in [1.807, 2.05) is 204 Å². The second-order valence-electron chi connectivity index (χ2n) is 29.1. The van der Waals surface area contributed by atoms with Gasteiger partial charge >= 0.3 is 0 Å². The second-order valence-corrected chi connectivity index (χ2v) is 37.4. The number of nitrogens with zero attached hydrogens (tertiary/aromatic N) is 10. The number of aromatic nitrogens is 7. The van der Waals surface area contributed by atoms with Gasteiger partial charge in [0, 0.05) is 196 Å². The lowest BCUT2D eigenvalue weighted by atomic mass is 10.00. The average Bonchev–Trinajstić information content (AvgIpc) is 1.04. The van der Waals surface area contributed by atoms with Crippen molar-refractivity contribution >= 4 is 156 Å². The van der Waals surface area contributed by atoms with E-state index in [-0.39, 0.29) is 4.90 Å². The molecule has 10 aromatic carbocycles. The number of benzene rings is 10. The van der Waals surface area contributed by atoms with Crippen LogP contribution in [0.25, 0.3) is 116 Å². The van der Waals surface area contributed by atoms with E-state index in [0.29, 0.717) is 103 Å². The number of rotatable bonds is 10. The van der Waals surface area contributed by atoms with Crippen molar-refractivity contribution in [1.29, 1.82) is 0 Å². The van der Waals surface area contributed by atoms with Gasteiger partial charge in [-0.05, 0) is 125 Å². The van der Waals surface area contributed by atoms with Gasteiger partial charge in [-0.15, -0.1) is 0 Å². The van der Waals surface area contributed by atoms with E-state index in [4.69, 9.17) is 0 Å². The molecule has 0 amide bonds. The first kappa shape index (κ1) is 79.8. The zero-order valence-corrected chi connectivity index (χ0v) is 70.3. The number of pyridine rings is 5. The molecule has 7 N–H and O–H groups in total. The molecule has 11 heterocycles. The number of hydrogen-bond acceptors (Lipinski definition) is 21. The molecule has 0 radical (unpaired) electrons. The molecule has 0 fully saturated rings. The predicted octanol–water partition coefficient (Wildman–Crippen LogP) is 16.2. The summed E-state index contributed by atoms with van der Waals surface area (Å²) < 4.78 is 141. The lowest BCUT2D eigenvalue weighted by Gasteiger charge is -2.26. The van der Waals surface area contributed by atoms with Gasteiger partial charge in [0.05, 0.1) is 86.2 Å². The van der Waals surface area contributed by atoms with Crippen LogP contribution in [0.1, 0.15) is 13.8 Å². The van der Waals surface area contributed by atoms with Gasteiger partial charge < -0.3 is 25.3 Å². The van der Waals surface area contributed by atoms with Crippen molar-refractivity contribution in [3.8, 4) is 61.3 Å². The molecule has 6 aromatic heterocycles. The van der Waals surface area contributed by atoms with Crippen molar-refractivity contribution in [1.82, 2.24) is 39.6 Å². The summed E-state index contributed by atoms with van der Waals surface area (Å²) in [4.78, 5) is 30.0. The highest BCUT2D eigenvalue weighted by molar-refractivity contribution is 7.94. The van der Waals surface area contributed by atoms with Crippen LogP contribution < -0.4 is 44.0 Å². The Labute approximate surface area is 699 Å². The fraction of sp³-hybridized carbons (Fsp3) is 0.124. The molecular weight excluding hydrogens is 1630 g/mol. The largest absolute Gasteiger partial charge is 0.388 e. The van der Waals surface area contributed by atoms with Crippen LogP contribution in [0.3, 0.4) is 0 Å². The third kappa shape index (κ3) is 14.5. The molecule has 5 aliphatic heterocycles. The highest BCUT2D eigenvalue weighted by Gasteiger charge is 2.35. The van der Waals surface area contributed by atoms with Crippen molar-refractivity contribution in [3.05, 3.63) is 262 Å². The van der Waals surface area contributed by atoms with E-state index >= 15 is 0 Å². The summed E-state index contributed by atoms with van der Waals surface area (Å²) in [6, 6.07) is 66.1. The Hall–Kier alpha value is -13.6. The van der Waals surface area contributed by atoms with Crippen LogP contribution in [-0.4, -0.2) is 143 Å². The molecule has 610 valence electrons. The van der Waals surface area contributed by atoms with Gasteiger partial charge in [0.2, 0.25) is 0 Å². The molecule has 16 aromatic rings. The summed E-state index contributed by atoms with van der Waals surface area (Å²) in [5.41, 5.74) is 18.4. The maximum Gasteiger partial charge on any atom is 0.262 e. The van der Waals surface area contributed by atoms with Crippen LogP contribution in [0, 0.1) is 0 Å². The second kappa shape index (κ2) is 31.6. The number of anilines is 9. The molecule has 0 spiro atoms. The van der Waals surface area contributed by atoms with Crippen LogP contribution in [0.15, 0.2) is 286 Å². The van der Waals surface area contributed by atoms with Gasteiger partial charge in [0.25, 0.3) is 50.1 Å². The van der Waals surface area contributed by atoms with Gasteiger partial charge in [-0.1, -0.05) is 121 Å². The molecular formula is C89H79N17O10S5. The van der Waals surface area contributed by atoms with Crippen LogP contribution >= 0.6 is 0 Å². The topological polar surface area (TPSA) is 347 Å². The van der Waals surface area contributed by atoms with Crippen molar-refractivity contribution < 1.29 is 42.1 Å². The Kier molecular flexibility index (Phi) is 20.8. The fourth-order valence-corrected chi connectivity index (χ4v) is 22.4. The predicted molar refractivity (Wildman–Crippen MR) is 482 cm³/mol. The molecule has 27 nitrogen and oxygen atoms in total. The quantitative estimate of drug-likeness (QED) is 0.0669. The number of likely N-dealkylation sites (N-methyl/N-ethyl adjacent to an activating group) is 1. The van der Waals surface area contributed by atoms with Crippen LogP contribution in [0.4, 0.5) is 51.2 Å². The van der Waals surface area contributed by atoms with Crippen molar-refractivity contribution in [2.45, 2.75) is 38.3 Å². The number of fused-ring (bicyclic) bond motifs is 25. The van der Waals surface area contributed by atoms with E-state index in [2.05, 4.69) is 87.9 Å². The smallest absolute Gasteiger partial charge is 0.262 e. The maximum absolute atomic E-state index is 12.7. The Bertz CT molecular complexity index is 7510. The summed E-state index contributed by atoms with van der Waals surface area (Å²) in [7, 11) is -8.21. The van der Waals surface area contributed by atoms with Crippen molar-refractivity contribution in [2.75, 3.05) is 105 Å². The van der Waals surface area contributed by atoms with Gasteiger partial charge in [-0.2, -0.15) is 5.10 Å². The van der Waals surface area contributed by atoms with E-state index in [1.54, 1.807) is 103 Å². The summed E-state index contributed by atoms with van der Waals surface area (Å²) in [5.74, 6) is 0. The number of nitrogens with one attached hydrogen (secondary N) is 7. The van der Waals surface area contributed by atoms with Crippen LogP contribution in [0.5, 0.6) is 0 Å². The van der Waals surface area contributed by atoms with E-state index < -0.39 is 50.1 Å². The fourth-order valence-electron chi connectivity index (χ4n) is 15.9. The first-order valence-electron chi connectivity index (χ1n) is 38.5. The zero-order chi connectivity index (χ0) is 84.4. The Morgan fingerprint density at radius 2 is 0.645 bits per heavy atom. The Balaban J connectivity index is 0.000000108. The van der Waals surface area contributed by atoms with Crippen molar-refractivity contribution in [3.63, 3.8) is 0 Å². The lowest BCUT2D eigenvalue weighted by molar-refractivity contribution is 0.425. The summed E-state index contributed by atoms with van der Waals surface area (Å²) in [5, 5.41) is 15.2. The highest BCUT2D eigenvalue weighted by Crippen LogP contribution is 2.50. The molecule has 121 heavy (non-hydrogen) atoms. The Morgan fingerprint density at radius 3 is 1.00 bits per heavy atom. The third-order valence-corrected chi connectivity index (χ3v) is 28.5. The first-order chi connectivity index (χ1) is 58.3. The van der Waals surface area contributed by atoms with Crippen LogP contribution in [0.2, 0.25) is 0 Å². The zero-order valence-electron chi connectivity index (χ0n) is 66.3. The highest BCUT2D eigenvalue weighted by atomic mass is 32.2. The Morgan fingerprint density at radius 1 is 0.331 bits per heavy atom. The molecule has 21 rings (SSSR count). The molecule has 32 heteroatoms. The molecule has 0 saturated heterocycles.